The number of aromatic amines is 1. The molecule has 2 N–H and O–H groups in total. The molecule has 1 aromatic heterocycles. The number of nitrogens with zero attached hydrogens (tertiary/aromatic N) is 1. The van der Waals surface area contributed by atoms with Crippen LogP contribution in [0.2, 0.25) is 0 Å². The summed E-state index contributed by atoms with van der Waals surface area (Å²) in [6.07, 6.45) is 0.304. The summed E-state index contributed by atoms with van der Waals surface area (Å²) in [5, 5.41) is 8.83. The number of benzene rings is 1. The van der Waals surface area contributed by atoms with E-state index in [0.29, 0.717) is 16.8 Å². The van der Waals surface area contributed by atoms with E-state index in [9.17, 15) is 8.78 Å². The van der Waals surface area contributed by atoms with Gasteiger partial charge in [-0.1, -0.05) is 0 Å². The zero-order chi connectivity index (χ0) is 14.0. The Kier molecular flexibility index (Phi) is 4.16. The Labute approximate surface area is 116 Å². The van der Waals surface area contributed by atoms with E-state index in [4.69, 9.17) is 9.84 Å². The van der Waals surface area contributed by atoms with E-state index in [2.05, 4.69) is 25.9 Å². The van der Waals surface area contributed by atoms with Gasteiger partial charge in [0, 0.05) is 18.1 Å². The molecule has 4 nitrogen and oxygen atoms in total. The molecule has 0 amide bonds. The number of ether oxygens (including phenoxy) is 1. The van der Waals surface area contributed by atoms with Crippen LogP contribution in [0.3, 0.4) is 0 Å². The number of halogens is 3. The molecule has 2 aromatic rings. The quantitative estimate of drug-likeness (QED) is 0.904. The van der Waals surface area contributed by atoms with Crippen LogP contribution in [0.1, 0.15) is 5.82 Å². The number of H-pyrrole nitrogens is 1. The number of imidazole rings is 1. The number of hydrogen-bond acceptors (Lipinski definition) is 3. The van der Waals surface area contributed by atoms with Gasteiger partial charge in [0.2, 0.25) is 0 Å². The Hall–Kier alpha value is -1.47. The van der Waals surface area contributed by atoms with Crippen LogP contribution < -0.4 is 4.74 Å². The SMILES string of the molecule is COc1cc(F)c(-c2nc(CCO)[nH]c2Br)cc1F. The lowest BCUT2D eigenvalue weighted by molar-refractivity contribution is 0.297. The highest BCUT2D eigenvalue weighted by Gasteiger charge is 2.17. The summed E-state index contributed by atoms with van der Waals surface area (Å²) in [6, 6.07) is 2.00. The van der Waals surface area contributed by atoms with Crippen LogP contribution in [0, 0.1) is 11.6 Å². The van der Waals surface area contributed by atoms with Gasteiger partial charge in [0.25, 0.3) is 0 Å². The number of rotatable bonds is 4. The van der Waals surface area contributed by atoms with Gasteiger partial charge in [-0.2, -0.15) is 0 Å². The standard InChI is InChI=1S/C12H11BrF2N2O2/c1-19-9-5-7(14)6(4-8(9)15)11-12(13)17-10(16-11)2-3-18/h4-5,18H,2-3H2,1H3,(H,16,17). The number of methoxy groups -OCH3 is 1. The van der Waals surface area contributed by atoms with Crippen molar-refractivity contribution in [3.8, 4) is 17.0 Å². The van der Waals surface area contributed by atoms with Crippen molar-refractivity contribution in [2.75, 3.05) is 13.7 Å². The molecule has 2 rings (SSSR count). The van der Waals surface area contributed by atoms with E-state index in [1.54, 1.807) is 0 Å². The third kappa shape index (κ3) is 2.76. The Morgan fingerprint density at radius 1 is 1.37 bits per heavy atom. The molecule has 0 saturated carbocycles. The maximum Gasteiger partial charge on any atom is 0.165 e. The second kappa shape index (κ2) is 5.66. The molecule has 0 bridgehead atoms. The molecule has 1 heterocycles. The van der Waals surface area contributed by atoms with E-state index in [-0.39, 0.29) is 23.6 Å². The van der Waals surface area contributed by atoms with E-state index < -0.39 is 11.6 Å². The minimum Gasteiger partial charge on any atom is -0.494 e. The first-order valence-corrected chi connectivity index (χ1v) is 6.24. The van der Waals surface area contributed by atoms with Crippen molar-refractivity contribution in [1.82, 2.24) is 9.97 Å². The van der Waals surface area contributed by atoms with Crippen LogP contribution in [0.15, 0.2) is 16.7 Å². The van der Waals surface area contributed by atoms with Gasteiger partial charge in [-0.25, -0.2) is 13.8 Å². The zero-order valence-electron chi connectivity index (χ0n) is 10.0. The molecular weight excluding hydrogens is 322 g/mol. The number of hydrogen-bond donors (Lipinski definition) is 2. The van der Waals surface area contributed by atoms with Crippen molar-refractivity contribution in [2.45, 2.75) is 6.42 Å². The van der Waals surface area contributed by atoms with E-state index in [0.717, 1.165) is 12.1 Å². The minimum absolute atomic E-state index is 0.0191. The lowest BCUT2D eigenvalue weighted by Crippen LogP contribution is -1.94. The van der Waals surface area contributed by atoms with Gasteiger partial charge in [0.15, 0.2) is 11.6 Å². The first kappa shape index (κ1) is 14.0. The van der Waals surface area contributed by atoms with E-state index >= 15 is 0 Å². The maximum absolute atomic E-state index is 13.9. The normalized spacial score (nSPS) is 10.8. The topological polar surface area (TPSA) is 58.1 Å². The fourth-order valence-electron chi connectivity index (χ4n) is 1.67. The van der Waals surface area contributed by atoms with Gasteiger partial charge in [-0.3, -0.25) is 0 Å². The van der Waals surface area contributed by atoms with Crippen LogP contribution >= 0.6 is 15.9 Å². The lowest BCUT2D eigenvalue weighted by Gasteiger charge is -2.05. The second-order valence-corrected chi connectivity index (χ2v) is 4.58. The van der Waals surface area contributed by atoms with Crippen LogP contribution in [0.25, 0.3) is 11.3 Å². The lowest BCUT2D eigenvalue weighted by atomic mass is 10.1. The third-order valence-electron chi connectivity index (χ3n) is 2.55. The molecule has 0 fully saturated rings. The van der Waals surface area contributed by atoms with Gasteiger partial charge in [-0.05, 0) is 22.0 Å². The fraction of sp³-hybridized carbons (Fsp3) is 0.250. The minimum atomic E-state index is -0.669. The third-order valence-corrected chi connectivity index (χ3v) is 3.13. The van der Waals surface area contributed by atoms with Crippen molar-refractivity contribution in [2.24, 2.45) is 0 Å². The van der Waals surface area contributed by atoms with Gasteiger partial charge in [0.1, 0.15) is 21.9 Å². The fourth-order valence-corrected chi connectivity index (χ4v) is 2.20. The van der Waals surface area contributed by atoms with Gasteiger partial charge < -0.3 is 14.8 Å². The maximum atomic E-state index is 13.9. The Bertz CT molecular complexity index is 602. The molecule has 0 aliphatic carbocycles. The number of aliphatic hydroxyl groups excluding tert-OH is 1. The van der Waals surface area contributed by atoms with Crippen LogP contribution in [-0.4, -0.2) is 28.8 Å². The number of aliphatic hydroxyl groups is 1. The molecule has 0 aliphatic heterocycles. The molecule has 102 valence electrons. The van der Waals surface area contributed by atoms with Crippen LogP contribution in [0.5, 0.6) is 5.75 Å². The summed E-state index contributed by atoms with van der Waals surface area (Å²) in [5.41, 5.74) is 0.271. The van der Waals surface area contributed by atoms with Crippen molar-refractivity contribution < 1.29 is 18.6 Å². The molecule has 19 heavy (non-hydrogen) atoms. The summed E-state index contributed by atoms with van der Waals surface area (Å²) in [5.74, 6) is -0.984. The van der Waals surface area contributed by atoms with Crippen molar-refractivity contribution in [3.05, 3.63) is 34.2 Å². The van der Waals surface area contributed by atoms with Gasteiger partial charge in [0.05, 0.1) is 13.7 Å². The largest absolute Gasteiger partial charge is 0.494 e. The van der Waals surface area contributed by atoms with Crippen molar-refractivity contribution in [1.29, 1.82) is 0 Å². The summed E-state index contributed by atoms with van der Waals surface area (Å²) in [7, 11) is 1.27. The number of aromatic nitrogens is 2. The molecular formula is C12H11BrF2N2O2. The number of nitrogens with one attached hydrogen (secondary N) is 1. The van der Waals surface area contributed by atoms with Crippen molar-refractivity contribution in [3.63, 3.8) is 0 Å². The smallest absolute Gasteiger partial charge is 0.165 e. The Morgan fingerprint density at radius 2 is 2.11 bits per heavy atom. The van der Waals surface area contributed by atoms with E-state index in [1.165, 1.54) is 7.11 Å². The average molecular weight is 333 g/mol. The summed E-state index contributed by atoms with van der Waals surface area (Å²) in [6.45, 7) is -0.0845. The highest BCUT2D eigenvalue weighted by Crippen LogP contribution is 2.32. The average Bonchev–Trinajstić information content (AvgIpc) is 2.73. The molecule has 0 saturated heterocycles. The monoisotopic (exact) mass is 332 g/mol. The predicted molar refractivity (Wildman–Crippen MR) is 69.0 cm³/mol. The second-order valence-electron chi connectivity index (χ2n) is 3.79. The molecule has 0 radical (unpaired) electrons. The van der Waals surface area contributed by atoms with Crippen LogP contribution in [0.4, 0.5) is 8.78 Å². The highest BCUT2D eigenvalue weighted by atomic mass is 79.9. The summed E-state index contributed by atoms with van der Waals surface area (Å²) < 4.78 is 32.7. The molecule has 1 aromatic carbocycles. The summed E-state index contributed by atoms with van der Waals surface area (Å²) in [4.78, 5) is 6.96. The zero-order valence-corrected chi connectivity index (χ0v) is 11.6. The first-order chi connectivity index (χ1) is 9.06. The first-order valence-electron chi connectivity index (χ1n) is 5.45. The van der Waals surface area contributed by atoms with Crippen LogP contribution in [-0.2, 0) is 6.42 Å². The molecule has 0 spiro atoms. The van der Waals surface area contributed by atoms with Gasteiger partial charge >= 0.3 is 0 Å². The molecule has 7 heteroatoms. The highest BCUT2D eigenvalue weighted by molar-refractivity contribution is 9.10. The Morgan fingerprint density at radius 3 is 2.74 bits per heavy atom. The van der Waals surface area contributed by atoms with Gasteiger partial charge in [-0.15, -0.1) is 0 Å². The molecule has 0 atom stereocenters. The Balaban J connectivity index is 2.49. The molecule has 0 aliphatic rings. The molecule has 0 unspecified atom stereocenters. The van der Waals surface area contributed by atoms with E-state index in [1.807, 2.05) is 0 Å². The predicted octanol–water partition coefficient (Wildman–Crippen LogP) is 2.66. The summed E-state index contributed by atoms with van der Waals surface area (Å²) >= 11 is 3.20. The van der Waals surface area contributed by atoms with Crippen molar-refractivity contribution >= 4 is 15.9 Å².